The van der Waals surface area contributed by atoms with Gasteiger partial charge >= 0.3 is 0 Å². The molecule has 0 aliphatic heterocycles. The molecule has 0 radical (unpaired) electrons. The van der Waals surface area contributed by atoms with E-state index in [2.05, 4.69) is 10.0 Å². The molecule has 2 rings (SSSR count). The maximum Gasteiger partial charge on any atom is 0.126 e. The van der Waals surface area contributed by atoms with Crippen LogP contribution in [0.4, 0.5) is 4.39 Å². The zero-order valence-corrected chi connectivity index (χ0v) is 7.60. The summed E-state index contributed by atoms with van der Waals surface area (Å²) < 4.78 is 13.4. The van der Waals surface area contributed by atoms with Gasteiger partial charge in [0.1, 0.15) is 5.82 Å². The van der Waals surface area contributed by atoms with E-state index < -0.39 is 0 Å². The van der Waals surface area contributed by atoms with Gasteiger partial charge in [0.15, 0.2) is 0 Å². The lowest BCUT2D eigenvalue weighted by Gasteiger charge is -2.10. The SMILES string of the molecule is [N-]=[N+]=NC(c1ccccc1F)C1CC1. The molecular formula is C10H10FN3. The van der Waals surface area contributed by atoms with Gasteiger partial charge in [0.25, 0.3) is 0 Å². The Kier molecular flexibility index (Phi) is 2.37. The highest BCUT2D eigenvalue weighted by Crippen LogP contribution is 2.44. The van der Waals surface area contributed by atoms with Crippen molar-refractivity contribution in [3.8, 4) is 0 Å². The molecule has 72 valence electrons. The zero-order valence-electron chi connectivity index (χ0n) is 7.60. The highest BCUT2D eigenvalue weighted by atomic mass is 19.1. The highest BCUT2D eigenvalue weighted by molar-refractivity contribution is 5.23. The zero-order chi connectivity index (χ0) is 9.97. The predicted molar refractivity (Wildman–Crippen MR) is 51.0 cm³/mol. The van der Waals surface area contributed by atoms with E-state index in [9.17, 15) is 4.39 Å². The number of rotatable bonds is 3. The van der Waals surface area contributed by atoms with Gasteiger partial charge in [-0.05, 0) is 35.9 Å². The summed E-state index contributed by atoms with van der Waals surface area (Å²) in [5.41, 5.74) is 8.92. The Hall–Kier alpha value is -1.54. The fraction of sp³-hybridized carbons (Fsp3) is 0.400. The minimum atomic E-state index is -0.318. The second-order valence-electron chi connectivity index (χ2n) is 3.51. The summed E-state index contributed by atoms with van der Waals surface area (Å²) in [6.07, 6.45) is 2.05. The second-order valence-corrected chi connectivity index (χ2v) is 3.51. The fourth-order valence-corrected chi connectivity index (χ4v) is 1.59. The maximum atomic E-state index is 13.4. The molecule has 0 heterocycles. The van der Waals surface area contributed by atoms with Crippen LogP contribution in [0.3, 0.4) is 0 Å². The minimum absolute atomic E-state index is 0.281. The van der Waals surface area contributed by atoms with Gasteiger partial charge < -0.3 is 0 Å². The minimum Gasteiger partial charge on any atom is -0.207 e. The van der Waals surface area contributed by atoms with Crippen molar-refractivity contribution in [2.75, 3.05) is 0 Å². The van der Waals surface area contributed by atoms with E-state index in [-0.39, 0.29) is 11.9 Å². The van der Waals surface area contributed by atoms with Gasteiger partial charge in [0.05, 0.1) is 6.04 Å². The lowest BCUT2D eigenvalue weighted by Crippen LogP contribution is -1.99. The van der Waals surface area contributed by atoms with Gasteiger partial charge in [0, 0.05) is 4.91 Å². The van der Waals surface area contributed by atoms with E-state index in [4.69, 9.17) is 5.53 Å². The molecule has 1 aromatic rings. The van der Waals surface area contributed by atoms with Crippen LogP contribution in [-0.2, 0) is 0 Å². The molecule has 1 saturated carbocycles. The lowest BCUT2D eigenvalue weighted by atomic mass is 10.0. The first-order valence-corrected chi connectivity index (χ1v) is 4.61. The van der Waals surface area contributed by atoms with E-state index >= 15 is 0 Å². The summed E-state index contributed by atoms with van der Waals surface area (Å²) in [4.78, 5) is 2.77. The Morgan fingerprint density at radius 3 is 2.71 bits per heavy atom. The van der Waals surface area contributed by atoms with E-state index in [0.29, 0.717) is 11.5 Å². The van der Waals surface area contributed by atoms with E-state index in [1.807, 2.05) is 0 Å². The van der Waals surface area contributed by atoms with Crippen molar-refractivity contribution in [1.29, 1.82) is 0 Å². The Morgan fingerprint density at radius 1 is 1.43 bits per heavy atom. The Bertz CT molecular complexity index is 381. The third-order valence-electron chi connectivity index (χ3n) is 2.47. The highest BCUT2D eigenvalue weighted by Gasteiger charge is 2.32. The molecule has 1 aromatic carbocycles. The second kappa shape index (κ2) is 3.68. The lowest BCUT2D eigenvalue weighted by molar-refractivity contribution is 0.552. The fourth-order valence-electron chi connectivity index (χ4n) is 1.59. The Balaban J connectivity index is 2.34. The molecule has 1 unspecified atom stereocenters. The number of hydrogen-bond acceptors (Lipinski definition) is 1. The van der Waals surface area contributed by atoms with Crippen molar-refractivity contribution in [2.45, 2.75) is 18.9 Å². The summed E-state index contributed by atoms with van der Waals surface area (Å²) in [5.74, 6) is 0.0552. The maximum absolute atomic E-state index is 13.4. The summed E-state index contributed by atoms with van der Waals surface area (Å²) in [7, 11) is 0. The first-order chi connectivity index (χ1) is 6.83. The number of benzene rings is 1. The van der Waals surface area contributed by atoms with Gasteiger partial charge in [0.2, 0.25) is 0 Å². The molecule has 0 spiro atoms. The van der Waals surface area contributed by atoms with Crippen molar-refractivity contribution >= 4 is 0 Å². The van der Waals surface area contributed by atoms with E-state index in [0.717, 1.165) is 12.8 Å². The average molecular weight is 191 g/mol. The third-order valence-corrected chi connectivity index (χ3v) is 2.47. The monoisotopic (exact) mass is 191 g/mol. The Labute approximate surface area is 81.2 Å². The molecule has 4 heteroatoms. The molecule has 1 fully saturated rings. The van der Waals surface area contributed by atoms with Crippen LogP contribution < -0.4 is 0 Å². The average Bonchev–Trinajstić information content (AvgIpc) is 2.99. The van der Waals surface area contributed by atoms with Gasteiger partial charge in [-0.1, -0.05) is 23.3 Å². The number of hydrogen-bond donors (Lipinski definition) is 0. The van der Waals surface area contributed by atoms with Crippen LogP contribution in [0.25, 0.3) is 10.4 Å². The van der Waals surface area contributed by atoms with Gasteiger partial charge in [-0.15, -0.1) is 0 Å². The van der Waals surface area contributed by atoms with Crippen molar-refractivity contribution in [3.05, 3.63) is 46.1 Å². The molecule has 1 aliphatic rings. The molecule has 14 heavy (non-hydrogen) atoms. The van der Waals surface area contributed by atoms with Crippen LogP contribution in [0.1, 0.15) is 24.4 Å². The smallest absolute Gasteiger partial charge is 0.126 e. The van der Waals surface area contributed by atoms with Gasteiger partial charge in [-0.3, -0.25) is 0 Å². The summed E-state index contributed by atoms with van der Waals surface area (Å²) in [6, 6.07) is 6.17. The van der Waals surface area contributed by atoms with Crippen LogP contribution in [0, 0.1) is 11.7 Å². The summed E-state index contributed by atoms with van der Waals surface area (Å²) in [6.45, 7) is 0. The predicted octanol–water partition coefficient (Wildman–Crippen LogP) is 3.59. The first-order valence-electron chi connectivity index (χ1n) is 4.61. The molecule has 1 atom stereocenters. The van der Waals surface area contributed by atoms with Crippen molar-refractivity contribution in [1.82, 2.24) is 0 Å². The third kappa shape index (κ3) is 1.70. The van der Waals surface area contributed by atoms with E-state index in [1.165, 1.54) is 6.07 Å². The van der Waals surface area contributed by atoms with Crippen molar-refractivity contribution in [3.63, 3.8) is 0 Å². The molecule has 3 nitrogen and oxygen atoms in total. The van der Waals surface area contributed by atoms with Crippen LogP contribution in [0.15, 0.2) is 29.4 Å². The quantitative estimate of drug-likeness (QED) is 0.398. The van der Waals surface area contributed by atoms with Crippen molar-refractivity contribution < 1.29 is 4.39 Å². The molecule has 0 aromatic heterocycles. The normalized spacial score (nSPS) is 17.2. The number of halogens is 1. The van der Waals surface area contributed by atoms with Crippen LogP contribution in [-0.4, -0.2) is 0 Å². The first kappa shape index (κ1) is 9.03. The van der Waals surface area contributed by atoms with Crippen LogP contribution in [0.2, 0.25) is 0 Å². The Morgan fingerprint density at radius 2 is 2.14 bits per heavy atom. The van der Waals surface area contributed by atoms with Crippen molar-refractivity contribution in [2.24, 2.45) is 11.0 Å². The number of azide groups is 1. The largest absolute Gasteiger partial charge is 0.207 e. The summed E-state index contributed by atoms with van der Waals surface area (Å²) in [5, 5.41) is 3.66. The van der Waals surface area contributed by atoms with Gasteiger partial charge in [-0.25, -0.2) is 4.39 Å². The van der Waals surface area contributed by atoms with E-state index in [1.54, 1.807) is 18.2 Å². The molecule has 0 bridgehead atoms. The van der Waals surface area contributed by atoms with Gasteiger partial charge in [-0.2, -0.15) is 0 Å². The topological polar surface area (TPSA) is 48.8 Å². The number of nitrogens with zero attached hydrogens (tertiary/aromatic N) is 3. The molecule has 1 aliphatic carbocycles. The molecular weight excluding hydrogens is 181 g/mol. The molecule has 0 saturated heterocycles. The molecule has 0 N–H and O–H groups in total. The summed E-state index contributed by atoms with van der Waals surface area (Å²) >= 11 is 0. The molecule has 0 amide bonds. The van der Waals surface area contributed by atoms with Crippen LogP contribution in [0.5, 0.6) is 0 Å². The van der Waals surface area contributed by atoms with Crippen LogP contribution >= 0.6 is 0 Å². The standard InChI is InChI=1S/C10H10FN3/c11-9-4-2-1-3-8(9)10(13-14-12)7-5-6-7/h1-4,7,10H,5-6H2.